The molecule has 0 aliphatic heterocycles. The van der Waals surface area contributed by atoms with Gasteiger partial charge in [0.05, 0.1) is 5.69 Å². The van der Waals surface area contributed by atoms with Crippen molar-refractivity contribution in [3.63, 3.8) is 0 Å². The maximum atomic E-state index is 11.0. The number of nitrogens with zero attached hydrogens (tertiary/aromatic N) is 1. The summed E-state index contributed by atoms with van der Waals surface area (Å²) >= 11 is 0. The highest BCUT2D eigenvalue weighted by Gasteiger charge is 1.96. The van der Waals surface area contributed by atoms with Gasteiger partial charge in [-0.2, -0.15) is 0 Å². The van der Waals surface area contributed by atoms with Crippen molar-refractivity contribution < 1.29 is 4.79 Å². The van der Waals surface area contributed by atoms with Crippen LogP contribution in [-0.2, 0) is 11.2 Å². The number of unbranched alkanes of at least 4 members (excludes halogenated alkanes) is 2. The molecule has 0 fully saturated rings. The van der Waals surface area contributed by atoms with Crippen LogP contribution in [0.15, 0.2) is 53.5 Å². The van der Waals surface area contributed by atoms with Crippen molar-refractivity contribution in [3.05, 3.63) is 59.7 Å². The third-order valence-corrected chi connectivity index (χ3v) is 3.60. The molecule has 120 valence electrons. The number of amides is 1. The van der Waals surface area contributed by atoms with Gasteiger partial charge in [-0.25, -0.2) is 0 Å². The van der Waals surface area contributed by atoms with Gasteiger partial charge in [0.2, 0.25) is 5.91 Å². The Morgan fingerprint density at radius 1 is 1.04 bits per heavy atom. The van der Waals surface area contributed by atoms with Crippen molar-refractivity contribution in [3.8, 4) is 0 Å². The van der Waals surface area contributed by atoms with Crippen LogP contribution in [-0.4, -0.2) is 12.1 Å². The molecule has 3 heteroatoms. The topological polar surface area (TPSA) is 41.5 Å². The van der Waals surface area contributed by atoms with Gasteiger partial charge in [0.15, 0.2) is 0 Å². The van der Waals surface area contributed by atoms with Crippen LogP contribution in [0.2, 0.25) is 0 Å². The summed E-state index contributed by atoms with van der Waals surface area (Å²) in [4.78, 5) is 15.4. The lowest BCUT2D eigenvalue weighted by molar-refractivity contribution is -0.114. The molecule has 0 aromatic heterocycles. The lowest BCUT2D eigenvalue weighted by atomic mass is 10.1. The zero-order chi connectivity index (χ0) is 16.5. The van der Waals surface area contributed by atoms with Crippen molar-refractivity contribution in [2.24, 2.45) is 4.99 Å². The molecule has 2 rings (SSSR count). The van der Waals surface area contributed by atoms with Gasteiger partial charge >= 0.3 is 0 Å². The first-order valence-electron chi connectivity index (χ1n) is 8.18. The van der Waals surface area contributed by atoms with Crippen LogP contribution in [0.1, 0.15) is 44.2 Å². The number of aliphatic imine (C=N–C) groups is 1. The summed E-state index contributed by atoms with van der Waals surface area (Å²) in [5.41, 5.74) is 4.13. The summed E-state index contributed by atoms with van der Waals surface area (Å²) in [5, 5.41) is 2.74. The molecule has 23 heavy (non-hydrogen) atoms. The molecule has 0 aliphatic carbocycles. The second kappa shape index (κ2) is 8.89. The molecule has 3 nitrogen and oxygen atoms in total. The van der Waals surface area contributed by atoms with Gasteiger partial charge in [0, 0.05) is 18.8 Å². The van der Waals surface area contributed by atoms with Crippen molar-refractivity contribution in [2.45, 2.75) is 39.5 Å². The SMILES string of the molecule is CCCCCc1ccc(C=Nc2ccc(NC(C)=O)cc2)cc1. The highest BCUT2D eigenvalue weighted by Crippen LogP contribution is 2.16. The van der Waals surface area contributed by atoms with Gasteiger partial charge < -0.3 is 5.32 Å². The molecule has 0 saturated carbocycles. The van der Waals surface area contributed by atoms with Gasteiger partial charge in [-0.15, -0.1) is 0 Å². The first-order chi connectivity index (χ1) is 11.2. The fourth-order valence-corrected chi connectivity index (χ4v) is 2.33. The highest BCUT2D eigenvalue weighted by molar-refractivity contribution is 5.89. The van der Waals surface area contributed by atoms with Crippen molar-refractivity contribution in [2.75, 3.05) is 5.32 Å². The van der Waals surface area contributed by atoms with Crippen LogP contribution in [0.4, 0.5) is 11.4 Å². The van der Waals surface area contributed by atoms with E-state index < -0.39 is 0 Å². The predicted molar refractivity (Wildman–Crippen MR) is 97.7 cm³/mol. The number of rotatable bonds is 7. The third kappa shape index (κ3) is 6.07. The van der Waals surface area contributed by atoms with Gasteiger partial charge in [0.25, 0.3) is 0 Å². The molecule has 0 heterocycles. The number of aryl methyl sites for hydroxylation is 1. The summed E-state index contributed by atoms with van der Waals surface area (Å²) in [6.07, 6.45) is 6.81. The first-order valence-corrected chi connectivity index (χ1v) is 8.18. The minimum absolute atomic E-state index is 0.0692. The van der Waals surface area contributed by atoms with Gasteiger partial charge in [-0.1, -0.05) is 44.0 Å². The molecule has 1 N–H and O–H groups in total. The number of anilines is 1. The van der Waals surface area contributed by atoms with Crippen LogP contribution >= 0.6 is 0 Å². The second-order valence-electron chi connectivity index (χ2n) is 5.68. The van der Waals surface area contributed by atoms with E-state index in [1.165, 1.54) is 31.7 Å². The normalized spacial score (nSPS) is 10.9. The van der Waals surface area contributed by atoms with Gasteiger partial charge in [-0.3, -0.25) is 9.79 Å². The molecule has 2 aromatic rings. The van der Waals surface area contributed by atoms with E-state index in [-0.39, 0.29) is 5.91 Å². The fourth-order valence-electron chi connectivity index (χ4n) is 2.33. The van der Waals surface area contributed by atoms with Crippen molar-refractivity contribution >= 4 is 23.5 Å². The molecule has 0 aliphatic rings. The van der Waals surface area contributed by atoms with E-state index in [1.54, 1.807) is 0 Å². The number of benzene rings is 2. The monoisotopic (exact) mass is 308 g/mol. The highest BCUT2D eigenvalue weighted by atomic mass is 16.1. The maximum Gasteiger partial charge on any atom is 0.221 e. The first kappa shape index (κ1) is 16.9. The largest absolute Gasteiger partial charge is 0.326 e. The van der Waals surface area contributed by atoms with Crippen LogP contribution in [0.25, 0.3) is 0 Å². The summed E-state index contributed by atoms with van der Waals surface area (Å²) in [5.74, 6) is -0.0692. The number of hydrogen-bond acceptors (Lipinski definition) is 2. The summed E-state index contributed by atoms with van der Waals surface area (Å²) in [7, 11) is 0. The standard InChI is InChI=1S/C20H24N2O/c1-3-4-5-6-17-7-9-18(10-8-17)15-21-19-11-13-20(14-12-19)22-16(2)23/h7-15H,3-6H2,1-2H3,(H,22,23). The van der Waals surface area contributed by atoms with Crippen LogP contribution in [0.3, 0.4) is 0 Å². The number of hydrogen-bond donors (Lipinski definition) is 1. The second-order valence-corrected chi connectivity index (χ2v) is 5.68. The Bertz CT molecular complexity index is 642. The Labute approximate surface area is 138 Å². The van der Waals surface area contributed by atoms with E-state index in [0.29, 0.717) is 0 Å². The molecular formula is C20H24N2O. The van der Waals surface area contributed by atoms with Crippen LogP contribution < -0.4 is 5.32 Å². The summed E-state index contributed by atoms with van der Waals surface area (Å²) in [6.45, 7) is 3.72. The van der Waals surface area contributed by atoms with E-state index in [4.69, 9.17) is 0 Å². The number of carbonyl (C=O) groups excluding carboxylic acids is 1. The molecule has 0 radical (unpaired) electrons. The Hall–Kier alpha value is -2.42. The Balaban J connectivity index is 1.93. The average Bonchev–Trinajstić information content (AvgIpc) is 2.55. The Kier molecular flexibility index (Phi) is 6.55. The van der Waals surface area contributed by atoms with E-state index >= 15 is 0 Å². The molecule has 0 spiro atoms. The minimum Gasteiger partial charge on any atom is -0.326 e. The summed E-state index contributed by atoms with van der Waals surface area (Å²) < 4.78 is 0. The molecular weight excluding hydrogens is 284 g/mol. The van der Waals surface area contributed by atoms with E-state index in [1.807, 2.05) is 30.5 Å². The van der Waals surface area contributed by atoms with Crippen LogP contribution in [0.5, 0.6) is 0 Å². The van der Waals surface area contributed by atoms with Crippen molar-refractivity contribution in [1.82, 2.24) is 0 Å². The maximum absolute atomic E-state index is 11.0. The fraction of sp³-hybridized carbons (Fsp3) is 0.300. The quantitative estimate of drug-likeness (QED) is 0.559. The number of nitrogens with one attached hydrogen (secondary N) is 1. The molecule has 1 amide bonds. The minimum atomic E-state index is -0.0692. The zero-order valence-electron chi connectivity index (χ0n) is 13.9. The zero-order valence-corrected chi connectivity index (χ0v) is 13.9. The predicted octanol–water partition coefficient (Wildman–Crippen LogP) is 5.13. The Morgan fingerprint density at radius 2 is 1.74 bits per heavy atom. The average molecular weight is 308 g/mol. The molecule has 0 bridgehead atoms. The summed E-state index contributed by atoms with van der Waals surface area (Å²) in [6, 6.07) is 16.1. The van der Waals surface area contributed by atoms with E-state index in [2.05, 4.69) is 41.5 Å². The lowest BCUT2D eigenvalue weighted by Gasteiger charge is -2.02. The van der Waals surface area contributed by atoms with Gasteiger partial charge in [-0.05, 0) is 48.2 Å². The van der Waals surface area contributed by atoms with E-state index in [0.717, 1.165) is 23.4 Å². The Morgan fingerprint density at radius 3 is 2.35 bits per heavy atom. The smallest absolute Gasteiger partial charge is 0.221 e. The molecule has 0 atom stereocenters. The lowest BCUT2D eigenvalue weighted by Crippen LogP contribution is -2.04. The number of carbonyl (C=O) groups is 1. The molecule has 0 unspecified atom stereocenters. The third-order valence-electron chi connectivity index (χ3n) is 3.60. The van der Waals surface area contributed by atoms with Gasteiger partial charge in [0.1, 0.15) is 0 Å². The van der Waals surface area contributed by atoms with E-state index in [9.17, 15) is 4.79 Å². The molecule has 2 aromatic carbocycles. The molecule has 0 saturated heterocycles. The van der Waals surface area contributed by atoms with Crippen LogP contribution in [0, 0.1) is 0 Å². The van der Waals surface area contributed by atoms with Crippen molar-refractivity contribution in [1.29, 1.82) is 0 Å².